The smallest absolute Gasteiger partial charge is 0.199 e. The predicted octanol–water partition coefficient (Wildman–Crippen LogP) is 2.74. The van der Waals surface area contributed by atoms with E-state index in [1.807, 2.05) is 18.2 Å². The van der Waals surface area contributed by atoms with E-state index in [1.54, 1.807) is 0 Å². The molecule has 0 aliphatic carbocycles. The summed E-state index contributed by atoms with van der Waals surface area (Å²) in [6.07, 6.45) is 0. The fourth-order valence-electron chi connectivity index (χ4n) is 1.10. The first-order valence-electron chi connectivity index (χ1n) is 3.55. The van der Waals surface area contributed by atoms with Crippen molar-refractivity contribution >= 4 is 48.6 Å². The lowest BCUT2D eigenvalue weighted by molar-refractivity contribution is 1.17. The van der Waals surface area contributed by atoms with Crippen molar-refractivity contribution in [2.45, 2.75) is 0 Å². The third-order valence-electron chi connectivity index (χ3n) is 1.66. The summed E-state index contributed by atoms with van der Waals surface area (Å²) in [4.78, 5) is 8.19. The molecule has 2 rings (SSSR count). The minimum absolute atomic E-state index is 0.490. The highest BCUT2D eigenvalue weighted by Crippen LogP contribution is 2.23. The highest BCUT2D eigenvalue weighted by atomic mass is 79.9. The minimum Gasteiger partial charge on any atom is -0.383 e. The average Bonchev–Trinajstić information content (AvgIpc) is 2.02. The lowest BCUT2D eigenvalue weighted by Crippen LogP contribution is -1.94. The zero-order chi connectivity index (χ0) is 9.42. The summed E-state index contributed by atoms with van der Waals surface area (Å²) < 4.78 is 1.49. The van der Waals surface area contributed by atoms with Gasteiger partial charge in [0.15, 0.2) is 4.73 Å². The van der Waals surface area contributed by atoms with Gasteiger partial charge in [0, 0.05) is 9.86 Å². The topological polar surface area (TPSA) is 51.8 Å². The molecule has 0 saturated heterocycles. The maximum Gasteiger partial charge on any atom is 0.199 e. The summed E-state index contributed by atoms with van der Waals surface area (Å²) in [5.41, 5.74) is 6.54. The van der Waals surface area contributed by atoms with Crippen molar-refractivity contribution in [3.8, 4) is 0 Å². The van der Waals surface area contributed by atoms with E-state index >= 15 is 0 Å². The summed E-state index contributed by atoms with van der Waals surface area (Å²) in [6, 6.07) is 5.70. The molecular weight excluding hydrogens is 298 g/mol. The number of hydrogen-bond donors (Lipinski definition) is 1. The van der Waals surface area contributed by atoms with Crippen molar-refractivity contribution in [3.05, 3.63) is 27.4 Å². The van der Waals surface area contributed by atoms with Crippen LogP contribution in [0.25, 0.3) is 10.9 Å². The van der Waals surface area contributed by atoms with Gasteiger partial charge in [0.2, 0.25) is 0 Å². The Kier molecular flexibility index (Phi) is 2.21. The summed E-state index contributed by atoms with van der Waals surface area (Å²) in [6.45, 7) is 0. The van der Waals surface area contributed by atoms with Gasteiger partial charge >= 0.3 is 0 Å². The molecule has 13 heavy (non-hydrogen) atoms. The number of halogens is 2. The lowest BCUT2D eigenvalue weighted by atomic mass is 10.2. The van der Waals surface area contributed by atoms with Crippen molar-refractivity contribution in [1.29, 1.82) is 0 Å². The fourth-order valence-corrected chi connectivity index (χ4v) is 1.83. The molecular formula is C8H5Br2N3. The van der Waals surface area contributed by atoms with Crippen molar-refractivity contribution < 1.29 is 0 Å². The molecule has 66 valence electrons. The van der Waals surface area contributed by atoms with Crippen LogP contribution in [-0.2, 0) is 0 Å². The Hall–Kier alpha value is -0.680. The summed E-state index contributed by atoms with van der Waals surface area (Å²) >= 11 is 6.56. The first kappa shape index (κ1) is 8.90. The van der Waals surface area contributed by atoms with Gasteiger partial charge in [0.05, 0.1) is 5.52 Å². The Bertz CT molecular complexity index is 465. The first-order chi connectivity index (χ1) is 6.16. The van der Waals surface area contributed by atoms with E-state index in [0.29, 0.717) is 10.6 Å². The third kappa shape index (κ3) is 1.66. The van der Waals surface area contributed by atoms with Gasteiger partial charge < -0.3 is 5.73 Å². The van der Waals surface area contributed by atoms with E-state index < -0.39 is 0 Å². The maximum absolute atomic E-state index is 5.71. The summed E-state index contributed by atoms with van der Waals surface area (Å²) in [5.74, 6) is 0.490. The summed E-state index contributed by atoms with van der Waals surface area (Å²) in [7, 11) is 0. The molecule has 0 saturated carbocycles. The van der Waals surface area contributed by atoms with E-state index in [2.05, 4.69) is 41.8 Å². The number of aromatic nitrogens is 2. The number of nitrogens with zero attached hydrogens (tertiary/aromatic N) is 2. The van der Waals surface area contributed by atoms with Crippen LogP contribution in [0.4, 0.5) is 5.82 Å². The molecule has 5 heteroatoms. The van der Waals surface area contributed by atoms with Gasteiger partial charge in [0.1, 0.15) is 5.82 Å². The molecule has 0 aliphatic rings. The number of anilines is 1. The van der Waals surface area contributed by atoms with Crippen LogP contribution in [0.2, 0.25) is 0 Å². The van der Waals surface area contributed by atoms with Gasteiger partial charge in [-0.05, 0) is 34.1 Å². The Morgan fingerprint density at radius 1 is 1.15 bits per heavy atom. The number of nitrogens with two attached hydrogens (primary N) is 1. The van der Waals surface area contributed by atoms with E-state index in [0.717, 1.165) is 15.4 Å². The first-order valence-corrected chi connectivity index (χ1v) is 5.14. The maximum atomic E-state index is 5.71. The third-order valence-corrected chi connectivity index (χ3v) is 2.51. The molecule has 2 aromatic rings. The average molecular weight is 303 g/mol. The number of nitrogen functional groups attached to an aromatic ring is 1. The molecule has 1 heterocycles. The highest BCUT2D eigenvalue weighted by molar-refractivity contribution is 9.10. The molecule has 3 nitrogen and oxygen atoms in total. The molecule has 0 aliphatic heterocycles. The van der Waals surface area contributed by atoms with Crippen LogP contribution in [-0.4, -0.2) is 9.97 Å². The van der Waals surface area contributed by atoms with E-state index in [4.69, 9.17) is 5.73 Å². The van der Waals surface area contributed by atoms with Gasteiger partial charge in [-0.3, -0.25) is 0 Å². The fraction of sp³-hybridized carbons (Fsp3) is 0. The zero-order valence-electron chi connectivity index (χ0n) is 6.46. The van der Waals surface area contributed by atoms with Gasteiger partial charge in [0.25, 0.3) is 0 Å². The number of rotatable bonds is 0. The SMILES string of the molecule is Nc1nc(Br)nc2cc(Br)ccc12. The molecule has 0 bridgehead atoms. The van der Waals surface area contributed by atoms with Gasteiger partial charge in [-0.2, -0.15) is 0 Å². The van der Waals surface area contributed by atoms with Gasteiger partial charge in [-0.1, -0.05) is 15.9 Å². The molecule has 0 unspecified atom stereocenters. The molecule has 0 radical (unpaired) electrons. The van der Waals surface area contributed by atoms with Crippen LogP contribution in [0, 0.1) is 0 Å². The molecule has 1 aromatic carbocycles. The van der Waals surface area contributed by atoms with Crippen molar-refractivity contribution in [1.82, 2.24) is 9.97 Å². The Labute approximate surface area is 91.6 Å². The van der Waals surface area contributed by atoms with Crippen LogP contribution in [0.15, 0.2) is 27.4 Å². The van der Waals surface area contributed by atoms with Gasteiger partial charge in [-0.15, -0.1) is 0 Å². The van der Waals surface area contributed by atoms with Crippen molar-refractivity contribution in [3.63, 3.8) is 0 Å². The quantitative estimate of drug-likeness (QED) is 0.761. The normalized spacial score (nSPS) is 10.6. The van der Waals surface area contributed by atoms with Gasteiger partial charge in [-0.25, -0.2) is 9.97 Å². The second kappa shape index (κ2) is 3.23. The lowest BCUT2D eigenvalue weighted by Gasteiger charge is -2.01. The van der Waals surface area contributed by atoms with Crippen LogP contribution < -0.4 is 5.73 Å². The number of benzene rings is 1. The predicted molar refractivity (Wildman–Crippen MR) is 59.4 cm³/mol. The Balaban J connectivity index is 2.86. The highest BCUT2D eigenvalue weighted by Gasteiger charge is 2.02. The van der Waals surface area contributed by atoms with Crippen molar-refractivity contribution in [2.24, 2.45) is 0 Å². The summed E-state index contributed by atoms with van der Waals surface area (Å²) in [5, 5.41) is 0.867. The number of fused-ring (bicyclic) bond motifs is 1. The molecule has 0 atom stereocenters. The van der Waals surface area contributed by atoms with Crippen molar-refractivity contribution in [2.75, 3.05) is 5.73 Å². The minimum atomic E-state index is 0.490. The van der Waals surface area contributed by atoms with E-state index in [1.165, 1.54) is 0 Å². The van der Waals surface area contributed by atoms with Crippen LogP contribution in [0.1, 0.15) is 0 Å². The zero-order valence-corrected chi connectivity index (χ0v) is 9.63. The molecule has 0 fully saturated rings. The molecule has 2 N–H and O–H groups in total. The Morgan fingerprint density at radius 2 is 1.92 bits per heavy atom. The molecule has 0 amide bonds. The van der Waals surface area contributed by atoms with Crippen LogP contribution in [0.5, 0.6) is 0 Å². The van der Waals surface area contributed by atoms with E-state index in [9.17, 15) is 0 Å². The van der Waals surface area contributed by atoms with E-state index in [-0.39, 0.29) is 0 Å². The van der Waals surface area contributed by atoms with Crippen LogP contribution >= 0.6 is 31.9 Å². The van der Waals surface area contributed by atoms with Crippen LogP contribution in [0.3, 0.4) is 0 Å². The largest absolute Gasteiger partial charge is 0.383 e. The number of hydrogen-bond acceptors (Lipinski definition) is 3. The molecule has 0 spiro atoms. The monoisotopic (exact) mass is 301 g/mol. The Morgan fingerprint density at radius 3 is 2.69 bits per heavy atom. The molecule has 1 aromatic heterocycles. The second-order valence-electron chi connectivity index (χ2n) is 2.54. The second-order valence-corrected chi connectivity index (χ2v) is 4.16. The standard InChI is InChI=1S/C8H5Br2N3/c9-4-1-2-5-6(3-4)12-8(10)13-7(5)11/h1-3H,(H2,11,12,13).